The molecule has 0 spiro atoms. The van der Waals surface area contributed by atoms with Crippen molar-refractivity contribution >= 4 is 15.7 Å². The summed E-state index contributed by atoms with van der Waals surface area (Å²) in [5.41, 5.74) is 5.74. The topological polar surface area (TPSA) is 106 Å². The summed E-state index contributed by atoms with van der Waals surface area (Å²) >= 11 is 0. The normalized spacial score (nSPS) is 21.9. The van der Waals surface area contributed by atoms with Gasteiger partial charge in [-0.15, -0.1) is 0 Å². The highest BCUT2D eigenvalue weighted by Crippen LogP contribution is 2.22. The number of aliphatic hydroxyl groups is 1. The number of hydrogen-bond donors (Lipinski definition) is 2. The summed E-state index contributed by atoms with van der Waals surface area (Å²) in [7, 11) is -3.80. The molecule has 0 aromatic carbocycles. The van der Waals surface area contributed by atoms with Gasteiger partial charge in [-0.25, -0.2) is 13.4 Å². The van der Waals surface area contributed by atoms with Gasteiger partial charge in [0.1, 0.15) is 0 Å². The minimum absolute atomic E-state index is 0.0979. The molecular weight excluding hydrogens is 258 g/mol. The van der Waals surface area contributed by atoms with Crippen LogP contribution in [-0.4, -0.2) is 55.2 Å². The van der Waals surface area contributed by atoms with E-state index in [0.717, 1.165) is 0 Å². The van der Waals surface area contributed by atoms with Crippen LogP contribution in [0.5, 0.6) is 0 Å². The quantitative estimate of drug-likeness (QED) is 0.735. The van der Waals surface area contributed by atoms with Crippen molar-refractivity contribution in [3.63, 3.8) is 0 Å². The van der Waals surface area contributed by atoms with Gasteiger partial charge < -0.3 is 15.6 Å². The Hall–Kier alpha value is -1.22. The Bertz CT molecular complexity index is 520. The molecule has 2 rings (SSSR count). The number of pyridine rings is 1. The predicted molar refractivity (Wildman–Crippen MR) is 64.2 cm³/mol. The van der Waals surface area contributed by atoms with Crippen molar-refractivity contribution in [2.24, 2.45) is 0 Å². The Morgan fingerprint density at radius 1 is 1.61 bits per heavy atom. The Kier molecular flexibility index (Phi) is 3.81. The molecule has 7 nitrogen and oxygen atoms in total. The molecule has 0 aliphatic carbocycles. The van der Waals surface area contributed by atoms with Gasteiger partial charge in [0.05, 0.1) is 31.5 Å². The lowest BCUT2D eigenvalue weighted by Gasteiger charge is -2.33. The number of ether oxygens (including phenoxy) is 1. The second kappa shape index (κ2) is 5.19. The lowest BCUT2D eigenvalue weighted by molar-refractivity contribution is 0.0108. The second-order valence-electron chi connectivity index (χ2n) is 3.92. The number of aliphatic hydroxyl groups excluding tert-OH is 1. The van der Waals surface area contributed by atoms with Crippen LogP contribution in [0.1, 0.15) is 0 Å². The second-order valence-corrected chi connectivity index (χ2v) is 5.73. The minimum Gasteiger partial charge on any atom is -0.396 e. The summed E-state index contributed by atoms with van der Waals surface area (Å²) in [5.74, 6) is 0. The number of nitrogens with zero attached hydrogens (tertiary/aromatic N) is 2. The van der Waals surface area contributed by atoms with Crippen LogP contribution < -0.4 is 5.73 Å². The first-order valence-electron chi connectivity index (χ1n) is 5.48. The average molecular weight is 273 g/mol. The van der Waals surface area contributed by atoms with Crippen molar-refractivity contribution in [1.29, 1.82) is 0 Å². The van der Waals surface area contributed by atoms with Crippen molar-refractivity contribution in [3.05, 3.63) is 18.3 Å². The van der Waals surface area contributed by atoms with E-state index in [-0.39, 0.29) is 30.5 Å². The van der Waals surface area contributed by atoms with Gasteiger partial charge in [-0.2, -0.15) is 4.31 Å². The van der Waals surface area contributed by atoms with Crippen molar-refractivity contribution in [2.75, 3.05) is 32.1 Å². The molecule has 0 saturated carbocycles. The molecule has 3 N–H and O–H groups in total. The van der Waals surface area contributed by atoms with Gasteiger partial charge in [0, 0.05) is 12.7 Å². The van der Waals surface area contributed by atoms with Crippen LogP contribution in [0.25, 0.3) is 0 Å². The highest BCUT2D eigenvalue weighted by Gasteiger charge is 2.35. The van der Waals surface area contributed by atoms with E-state index in [9.17, 15) is 13.5 Å². The first-order valence-corrected chi connectivity index (χ1v) is 6.92. The molecule has 1 aromatic rings. The summed E-state index contributed by atoms with van der Waals surface area (Å²) in [6, 6.07) is 2.45. The third-order valence-corrected chi connectivity index (χ3v) is 4.67. The fraction of sp³-hybridized carbons (Fsp3) is 0.500. The lowest BCUT2D eigenvalue weighted by atomic mass is 10.3. The van der Waals surface area contributed by atoms with E-state index in [1.807, 2.05) is 0 Å². The van der Waals surface area contributed by atoms with Crippen molar-refractivity contribution in [2.45, 2.75) is 11.1 Å². The molecule has 18 heavy (non-hydrogen) atoms. The average Bonchev–Trinajstić information content (AvgIpc) is 2.39. The molecule has 1 aromatic heterocycles. The highest BCUT2D eigenvalue weighted by molar-refractivity contribution is 7.89. The Morgan fingerprint density at radius 3 is 3.06 bits per heavy atom. The molecule has 1 unspecified atom stereocenters. The van der Waals surface area contributed by atoms with Crippen LogP contribution in [0.2, 0.25) is 0 Å². The SMILES string of the molecule is Nc1cccnc1S(=O)(=O)N1CCOCC1CO. The summed E-state index contributed by atoms with van der Waals surface area (Å²) in [5, 5.41) is 9.03. The van der Waals surface area contributed by atoms with Gasteiger partial charge in [0.2, 0.25) is 0 Å². The fourth-order valence-electron chi connectivity index (χ4n) is 1.83. The van der Waals surface area contributed by atoms with E-state index < -0.39 is 16.1 Å². The molecule has 0 amide bonds. The number of sulfonamides is 1. The number of nitrogen functional groups attached to an aromatic ring is 1. The first-order chi connectivity index (χ1) is 8.57. The molecular formula is C10H15N3O4S. The van der Waals surface area contributed by atoms with Gasteiger partial charge in [0.15, 0.2) is 5.03 Å². The number of aromatic nitrogens is 1. The Labute approximate surface area is 105 Å². The van der Waals surface area contributed by atoms with Gasteiger partial charge in [-0.1, -0.05) is 0 Å². The number of rotatable bonds is 3. The van der Waals surface area contributed by atoms with Crippen LogP contribution in [0.15, 0.2) is 23.4 Å². The smallest absolute Gasteiger partial charge is 0.263 e. The maximum atomic E-state index is 12.4. The molecule has 1 saturated heterocycles. The first kappa shape index (κ1) is 13.2. The third-order valence-electron chi connectivity index (χ3n) is 2.74. The van der Waals surface area contributed by atoms with E-state index in [1.165, 1.54) is 16.6 Å². The fourth-order valence-corrected chi connectivity index (χ4v) is 3.45. The molecule has 0 radical (unpaired) electrons. The van der Waals surface area contributed by atoms with Gasteiger partial charge in [-0.3, -0.25) is 0 Å². The number of hydrogen-bond acceptors (Lipinski definition) is 6. The zero-order valence-electron chi connectivity index (χ0n) is 9.69. The molecule has 1 atom stereocenters. The number of morpholine rings is 1. The molecule has 100 valence electrons. The van der Waals surface area contributed by atoms with E-state index in [1.54, 1.807) is 6.07 Å². The lowest BCUT2D eigenvalue weighted by Crippen LogP contribution is -2.50. The van der Waals surface area contributed by atoms with Gasteiger partial charge in [-0.05, 0) is 12.1 Å². The van der Waals surface area contributed by atoms with Crippen LogP contribution in [0.4, 0.5) is 5.69 Å². The van der Waals surface area contributed by atoms with Crippen molar-refractivity contribution in [3.8, 4) is 0 Å². The van der Waals surface area contributed by atoms with E-state index in [0.29, 0.717) is 6.61 Å². The Morgan fingerprint density at radius 2 is 2.39 bits per heavy atom. The van der Waals surface area contributed by atoms with Crippen LogP contribution in [0.3, 0.4) is 0 Å². The zero-order valence-corrected chi connectivity index (χ0v) is 10.5. The maximum absolute atomic E-state index is 12.4. The summed E-state index contributed by atoms with van der Waals surface area (Å²) in [6.45, 7) is 0.348. The molecule has 1 fully saturated rings. The summed E-state index contributed by atoms with van der Waals surface area (Å²) in [6.07, 6.45) is 1.37. The van der Waals surface area contributed by atoms with E-state index >= 15 is 0 Å². The van der Waals surface area contributed by atoms with Crippen molar-refractivity contribution in [1.82, 2.24) is 9.29 Å². The monoisotopic (exact) mass is 273 g/mol. The van der Waals surface area contributed by atoms with E-state index in [4.69, 9.17) is 10.5 Å². The molecule has 8 heteroatoms. The third kappa shape index (κ3) is 2.32. The number of nitrogens with two attached hydrogens (primary N) is 1. The molecule has 1 aliphatic heterocycles. The van der Waals surface area contributed by atoms with Crippen LogP contribution in [0, 0.1) is 0 Å². The van der Waals surface area contributed by atoms with Crippen molar-refractivity contribution < 1.29 is 18.3 Å². The van der Waals surface area contributed by atoms with Gasteiger partial charge in [0.25, 0.3) is 10.0 Å². The minimum atomic E-state index is -3.80. The summed E-state index contributed by atoms with van der Waals surface area (Å²) in [4.78, 5) is 3.82. The van der Waals surface area contributed by atoms with Crippen LogP contribution in [-0.2, 0) is 14.8 Å². The highest BCUT2D eigenvalue weighted by atomic mass is 32.2. The number of anilines is 1. The molecule has 1 aliphatic rings. The predicted octanol–water partition coefficient (Wildman–Crippen LogP) is -0.954. The standard InChI is InChI=1S/C10H15N3O4S/c11-9-2-1-3-12-10(9)18(15,16)13-4-5-17-7-8(13)6-14/h1-3,8,14H,4-7,11H2. The largest absolute Gasteiger partial charge is 0.396 e. The Balaban J connectivity index is 2.39. The van der Waals surface area contributed by atoms with Crippen LogP contribution >= 0.6 is 0 Å². The van der Waals surface area contributed by atoms with Gasteiger partial charge >= 0.3 is 0 Å². The summed E-state index contributed by atoms with van der Waals surface area (Å²) < 4.78 is 31.1. The maximum Gasteiger partial charge on any atom is 0.263 e. The molecule has 2 heterocycles. The zero-order chi connectivity index (χ0) is 13.2. The molecule has 0 bridgehead atoms. The van der Waals surface area contributed by atoms with E-state index in [2.05, 4.69) is 4.98 Å².